The highest BCUT2D eigenvalue weighted by Crippen LogP contribution is 2.31. The lowest BCUT2D eigenvalue weighted by Gasteiger charge is -2.33. The third-order valence-electron chi connectivity index (χ3n) is 4.85. The summed E-state index contributed by atoms with van der Waals surface area (Å²) in [6.45, 7) is 4.04. The van der Waals surface area contributed by atoms with Gasteiger partial charge in [0.05, 0.1) is 22.1 Å². The molecule has 0 amide bonds. The summed E-state index contributed by atoms with van der Waals surface area (Å²) in [5, 5.41) is 0. The van der Waals surface area contributed by atoms with Crippen molar-refractivity contribution in [1.82, 2.24) is 24.2 Å². The van der Waals surface area contributed by atoms with Crippen molar-refractivity contribution >= 4 is 34.6 Å². The number of hydrogen-bond donors (Lipinski definition) is 1. The number of likely N-dealkylation sites (N-methyl/N-ethyl adjacent to an activating group) is 1. The molecular weight excluding hydrogens is 370 g/mol. The SMILES string of the molecule is CN1CCN(c2cnc3ccc(-c4cnc(N)c(SN(C)C)c4)cc3n2)CC1. The first-order chi connectivity index (χ1) is 13.5. The molecule has 1 aliphatic heterocycles. The van der Waals surface area contributed by atoms with Crippen LogP contribution in [0.5, 0.6) is 0 Å². The van der Waals surface area contributed by atoms with E-state index in [2.05, 4.69) is 45.0 Å². The van der Waals surface area contributed by atoms with Crippen LogP contribution in [0.3, 0.4) is 0 Å². The fourth-order valence-electron chi connectivity index (χ4n) is 3.25. The summed E-state index contributed by atoms with van der Waals surface area (Å²) in [7, 11) is 6.13. The van der Waals surface area contributed by atoms with Gasteiger partial charge in [-0.1, -0.05) is 6.07 Å². The molecule has 0 spiro atoms. The Bertz CT molecular complexity index is 983. The van der Waals surface area contributed by atoms with E-state index in [0.717, 1.165) is 59.1 Å². The van der Waals surface area contributed by atoms with Gasteiger partial charge < -0.3 is 15.5 Å². The van der Waals surface area contributed by atoms with Gasteiger partial charge in [-0.15, -0.1) is 0 Å². The largest absolute Gasteiger partial charge is 0.383 e. The van der Waals surface area contributed by atoms with Crippen molar-refractivity contribution in [2.24, 2.45) is 0 Å². The summed E-state index contributed by atoms with van der Waals surface area (Å²) in [4.78, 5) is 19.4. The molecule has 0 radical (unpaired) electrons. The van der Waals surface area contributed by atoms with Crippen LogP contribution in [0.4, 0.5) is 11.6 Å². The number of nitrogens with zero attached hydrogens (tertiary/aromatic N) is 6. The van der Waals surface area contributed by atoms with Crippen LogP contribution < -0.4 is 10.6 Å². The van der Waals surface area contributed by atoms with Gasteiger partial charge >= 0.3 is 0 Å². The van der Waals surface area contributed by atoms with E-state index in [1.807, 2.05) is 36.9 Å². The van der Waals surface area contributed by atoms with Gasteiger partial charge in [0, 0.05) is 37.9 Å². The first-order valence-electron chi connectivity index (χ1n) is 9.31. The highest BCUT2D eigenvalue weighted by molar-refractivity contribution is 7.97. The standard InChI is InChI=1S/C20H25N7S/c1-25(2)28-18-11-15(12-23-20(18)21)14-4-5-16-17(10-14)24-19(13-22-16)27-8-6-26(3)7-9-27/h4-5,10-13H,6-9H2,1-3H3,(H2,21,23). The smallest absolute Gasteiger partial charge is 0.147 e. The molecule has 0 unspecified atom stereocenters. The number of hydrogen-bond acceptors (Lipinski definition) is 8. The third kappa shape index (κ3) is 4.04. The quantitative estimate of drug-likeness (QED) is 0.676. The van der Waals surface area contributed by atoms with E-state index in [-0.39, 0.29) is 0 Å². The van der Waals surface area contributed by atoms with E-state index >= 15 is 0 Å². The Kier molecular flexibility index (Phi) is 5.34. The molecule has 3 aromatic rings. The highest BCUT2D eigenvalue weighted by Gasteiger charge is 2.16. The Hall–Kier alpha value is -2.42. The molecule has 0 saturated carbocycles. The van der Waals surface area contributed by atoms with Gasteiger partial charge in [0.2, 0.25) is 0 Å². The fraction of sp³-hybridized carbons (Fsp3) is 0.350. The average molecular weight is 396 g/mol. The van der Waals surface area contributed by atoms with E-state index in [1.165, 1.54) is 0 Å². The second kappa shape index (κ2) is 7.90. The van der Waals surface area contributed by atoms with Crippen molar-refractivity contribution < 1.29 is 0 Å². The predicted octanol–water partition coefficient (Wildman–Crippen LogP) is 2.59. The number of anilines is 2. The van der Waals surface area contributed by atoms with Gasteiger partial charge in [-0.3, -0.25) is 9.29 Å². The minimum Gasteiger partial charge on any atom is -0.383 e. The van der Waals surface area contributed by atoms with Crippen molar-refractivity contribution in [2.75, 3.05) is 58.0 Å². The number of aromatic nitrogens is 3. The second-order valence-corrected chi connectivity index (χ2v) is 8.59. The Morgan fingerprint density at radius 3 is 2.50 bits per heavy atom. The van der Waals surface area contributed by atoms with Gasteiger partial charge in [-0.05, 0) is 56.9 Å². The zero-order valence-electron chi connectivity index (χ0n) is 16.5. The summed E-state index contributed by atoms with van der Waals surface area (Å²) in [5.41, 5.74) is 9.90. The molecule has 0 atom stereocenters. The molecule has 2 N–H and O–H groups in total. The predicted molar refractivity (Wildman–Crippen MR) is 116 cm³/mol. The Morgan fingerprint density at radius 1 is 0.964 bits per heavy atom. The third-order valence-corrected chi connectivity index (χ3v) is 5.74. The van der Waals surface area contributed by atoms with Crippen LogP contribution in [0.25, 0.3) is 22.2 Å². The van der Waals surface area contributed by atoms with Gasteiger partial charge in [0.25, 0.3) is 0 Å². The average Bonchev–Trinajstić information content (AvgIpc) is 2.69. The van der Waals surface area contributed by atoms with Crippen molar-refractivity contribution in [3.63, 3.8) is 0 Å². The Labute approximate surface area is 169 Å². The molecule has 2 aromatic heterocycles. The maximum absolute atomic E-state index is 6.03. The molecule has 28 heavy (non-hydrogen) atoms. The van der Waals surface area contributed by atoms with Crippen molar-refractivity contribution in [2.45, 2.75) is 4.90 Å². The number of pyridine rings is 1. The monoisotopic (exact) mass is 395 g/mol. The molecule has 1 aromatic carbocycles. The molecule has 7 nitrogen and oxygen atoms in total. The Morgan fingerprint density at radius 2 is 1.75 bits per heavy atom. The molecule has 1 fully saturated rings. The summed E-state index contributed by atoms with van der Waals surface area (Å²) < 4.78 is 2.01. The van der Waals surface area contributed by atoms with Crippen LogP contribution in [-0.2, 0) is 0 Å². The van der Waals surface area contributed by atoms with E-state index in [0.29, 0.717) is 5.82 Å². The zero-order chi connectivity index (χ0) is 19.7. The van der Waals surface area contributed by atoms with Crippen LogP contribution in [0.2, 0.25) is 0 Å². The molecule has 4 rings (SSSR count). The lowest BCUT2D eigenvalue weighted by molar-refractivity contribution is 0.312. The van der Waals surface area contributed by atoms with E-state index in [4.69, 9.17) is 10.7 Å². The number of rotatable bonds is 4. The number of benzene rings is 1. The fourth-order valence-corrected chi connectivity index (χ4v) is 3.97. The van der Waals surface area contributed by atoms with E-state index in [9.17, 15) is 0 Å². The summed E-state index contributed by atoms with van der Waals surface area (Å²) in [6, 6.07) is 8.23. The van der Waals surface area contributed by atoms with Crippen molar-refractivity contribution in [3.8, 4) is 11.1 Å². The minimum atomic E-state index is 0.542. The topological polar surface area (TPSA) is 74.4 Å². The lowest BCUT2D eigenvalue weighted by Crippen LogP contribution is -2.44. The van der Waals surface area contributed by atoms with Crippen LogP contribution in [0, 0.1) is 0 Å². The molecule has 1 aliphatic rings. The molecule has 146 valence electrons. The molecule has 1 saturated heterocycles. The summed E-state index contributed by atoms with van der Waals surface area (Å²) in [6.07, 6.45) is 3.69. The number of nitrogens with two attached hydrogens (primary N) is 1. The number of fused-ring (bicyclic) bond motifs is 1. The molecule has 3 heterocycles. The maximum Gasteiger partial charge on any atom is 0.147 e. The van der Waals surface area contributed by atoms with Gasteiger partial charge in [-0.2, -0.15) is 0 Å². The van der Waals surface area contributed by atoms with E-state index in [1.54, 1.807) is 11.9 Å². The van der Waals surface area contributed by atoms with Crippen LogP contribution in [-0.4, -0.2) is 71.5 Å². The molecule has 0 bridgehead atoms. The van der Waals surface area contributed by atoms with Crippen LogP contribution in [0.15, 0.2) is 41.6 Å². The van der Waals surface area contributed by atoms with Crippen molar-refractivity contribution in [3.05, 3.63) is 36.7 Å². The second-order valence-electron chi connectivity index (χ2n) is 7.23. The normalized spacial score (nSPS) is 15.5. The Balaban J connectivity index is 1.67. The lowest BCUT2D eigenvalue weighted by atomic mass is 10.1. The first kappa shape index (κ1) is 18.9. The first-order valence-corrected chi connectivity index (χ1v) is 10.1. The van der Waals surface area contributed by atoms with Gasteiger partial charge in [0.1, 0.15) is 11.6 Å². The van der Waals surface area contributed by atoms with Crippen molar-refractivity contribution in [1.29, 1.82) is 0 Å². The highest BCUT2D eigenvalue weighted by atomic mass is 32.2. The number of piperazine rings is 1. The van der Waals surface area contributed by atoms with Crippen LogP contribution >= 0.6 is 11.9 Å². The zero-order valence-corrected chi connectivity index (χ0v) is 17.3. The van der Waals surface area contributed by atoms with Gasteiger partial charge in [0.15, 0.2) is 0 Å². The summed E-state index contributed by atoms with van der Waals surface area (Å²) >= 11 is 1.57. The van der Waals surface area contributed by atoms with E-state index < -0.39 is 0 Å². The molecule has 0 aliphatic carbocycles. The van der Waals surface area contributed by atoms with Crippen LogP contribution in [0.1, 0.15) is 0 Å². The summed E-state index contributed by atoms with van der Waals surface area (Å²) in [5.74, 6) is 1.48. The minimum absolute atomic E-state index is 0.542. The maximum atomic E-state index is 6.03. The molecule has 8 heteroatoms. The van der Waals surface area contributed by atoms with Gasteiger partial charge in [-0.25, -0.2) is 9.97 Å². The molecular formula is C20H25N7S. The number of nitrogen functional groups attached to an aromatic ring is 1.